The summed E-state index contributed by atoms with van der Waals surface area (Å²) in [6, 6.07) is 15.1. The highest BCUT2D eigenvalue weighted by Gasteiger charge is 2.34. The summed E-state index contributed by atoms with van der Waals surface area (Å²) >= 11 is 0. The molecule has 1 aliphatic heterocycles. The number of ether oxygens (including phenoxy) is 7. The third-order valence-corrected chi connectivity index (χ3v) is 9.71. The molecule has 54 heavy (non-hydrogen) atoms. The normalized spacial score (nSPS) is 14.5. The Labute approximate surface area is 310 Å². The number of aromatic hydroxyl groups is 1. The third-order valence-electron chi connectivity index (χ3n) is 9.71. The molecule has 5 aromatic rings. The number of nitrogens with one attached hydrogen (secondary N) is 1. The maximum atomic E-state index is 13.6. The van der Waals surface area contributed by atoms with Crippen LogP contribution in [0.15, 0.2) is 68.6 Å². The van der Waals surface area contributed by atoms with Crippen LogP contribution in [0.3, 0.4) is 0 Å². The molecule has 0 spiro atoms. The lowest BCUT2D eigenvalue weighted by molar-refractivity contribution is -0.140. The molecule has 284 valence electrons. The zero-order chi connectivity index (χ0) is 38.7. The number of H-pyrrole nitrogens is 1. The van der Waals surface area contributed by atoms with Crippen molar-refractivity contribution in [2.45, 2.75) is 31.3 Å². The third kappa shape index (κ3) is 7.12. The molecule has 2 atom stereocenters. The van der Waals surface area contributed by atoms with Crippen LogP contribution in [0, 0.1) is 0 Å². The van der Waals surface area contributed by atoms with E-state index in [9.17, 15) is 19.5 Å². The number of pyridine rings is 1. The Morgan fingerprint density at radius 1 is 0.852 bits per heavy atom. The van der Waals surface area contributed by atoms with E-state index in [1.165, 1.54) is 41.6 Å². The Morgan fingerprint density at radius 2 is 1.54 bits per heavy atom. The van der Waals surface area contributed by atoms with Crippen molar-refractivity contribution in [3.05, 3.63) is 109 Å². The van der Waals surface area contributed by atoms with Crippen LogP contribution in [0.5, 0.6) is 40.2 Å². The van der Waals surface area contributed by atoms with E-state index in [0.717, 1.165) is 16.7 Å². The van der Waals surface area contributed by atoms with Crippen molar-refractivity contribution in [1.82, 2.24) is 9.88 Å². The first-order valence-electron chi connectivity index (χ1n) is 17.0. The minimum absolute atomic E-state index is 0.0798. The van der Waals surface area contributed by atoms with E-state index in [4.69, 9.17) is 37.6 Å². The van der Waals surface area contributed by atoms with Crippen LogP contribution in [0.2, 0.25) is 0 Å². The Kier molecular flexibility index (Phi) is 11.0. The highest BCUT2D eigenvalue weighted by molar-refractivity contribution is 5.81. The van der Waals surface area contributed by atoms with Crippen LogP contribution < -0.4 is 39.4 Å². The van der Waals surface area contributed by atoms with Crippen molar-refractivity contribution in [3.8, 4) is 40.2 Å². The Balaban J connectivity index is 1.49. The number of nitrogens with zero attached hydrogens (tertiary/aromatic N) is 1. The van der Waals surface area contributed by atoms with Gasteiger partial charge in [-0.2, -0.15) is 0 Å². The average molecular weight is 743 g/mol. The van der Waals surface area contributed by atoms with Crippen LogP contribution in [0.4, 0.5) is 0 Å². The predicted octanol–water partition coefficient (Wildman–Crippen LogP) is 5.08. The first-order chi connectivity index (χ1) is 26.1. The first kappa shape index (κ1) is 37.6. The molecule has 0 radical (unpaired) electrons. The van der Waals surface area contributed by atoms with Crippen molar-refractivity contribution in [3.63, 3.8) is 0 Å². The molecule has 1 aliphatic rings. The summed E-state index contributed by atoms with van der Waals surface area (Å²) in [5.74, 6) is 0.338. The molecule has 6 rings (SSSR count). The number of aromatic nitrogens is 1. The second kappa shape index (κ2) is 15.8. The molecule has 2 aromatic heterocycles. The fraction of sp³-hybridized carbons (Fsp3) is 0.325. The van der Waals surface area contributed by atoms with Gasteiger partial charge < -0.3 is 47.7 Å². The second-order valence-corrected chi connectivity index (χ2v) is 12.6. The van der Waals surface area contributed by atoms with Gasteiger partial charge in [0.15, 0.2) is 28.8 Å². The molecule has 0 amide bonds. The van der Waals surface area contributed by atoms with Crippen LogP contribution in [0.1, 0.15) is 52.2 Å². The molecular formula is C40H42N2O12. The SMILES string of the molecule is COC(=O)CC(c1oc(CN2CCc3cc(OC)c(OC)cc3C2c2cc(OC)c(OC)c(OC)c2)cc(=O)c1O)c1cc2ccc(OC)cc2[nH]c1=O. The summed E-state index contributed by atoms with van der Waals surface area (Å²) in [5, 5.41) is 11.8. The lowest BCUT2D eigenvalue weighted by Gasteiger charge is -2.38. The van der Waals surface area contributed by atoms with Gasteiger partial charge in [0.05, 0.1) is 80.2 Å². The average Bonchev–Trinajstić information content (AvgIpc) is 3.19. The van der Waals surface area contributed by atoms with E-state index in [0.29, 0.717) is 58.4 Å². The Hall–Kier alpha value is -6.15. The van der Waals surface area contributed by atoms with Gasteiger partial charge in [-0.3, -0.25) is 19.3 Å². The van der Waals surface area contributed by atoms with Gasteiger partial charge in [0.25, 0.3) is 5.56 Å². The van der Waals surface area contributed by atoms with Crippen molar-refractivity contribution >= 4 is 16.9 Å². The van der Waals surface area contributed by atoms with E-state index in [1.807, 2.05) is 24.3 Å². The summed E-state index contributed by atoms with van der Waals surface area (Å²) in [5.41, 5.74) is 2.00. The smallest absolute Gasteiger partial charge is 0.306 e. The number of rotatable bonds is 13. The first-order valence-corrected chi connectivity index (χ1v) is 17.0. The molecule has 2 N–H and O–H groups in total. The number of hydrogen-bond donors (Lipinski definition) is 2. The Bertz CT molecular complexity index is 2290. The van der Waals surface area contributed by atoms with Crippen molar-refractivity contribution in [2.75, 3.05) is 56.3 Å². The standard InChI is InChI=1S/C40H42N2O12/c1-47-24-9-8-22-12-28(40(46)41-29(22)16-24)27(19-35(44)52-6)38-37(45)30(43)17-25(54-38)20-42-11-10-21-13-31(48-2)32(49-3)18-26(21)36(42)23-14-33(50-4)39(53-7)34(15-23)51-5/h8-9,12-18,27,36,45H,10-11,19-20H2,1-7H3,(H,41,46). The monoisotopic (exact) mass is 742 g/mol. The minimum atomic E-state index is -1.18. The number of methoxy groups -OCH3 is 7. The molecule has 0 saturated heterocycles. The van der Waals surface area contributed by atoms with Gasteiger partial charge in [0.1, 0.15) is 11.5 Å². The van der Waals surface area contributed by atoms with Crippen molar-refractivity contribution in [2.24, 2.45) is 0 Å². The summed E-state index contributed by atoms with van der Waals surface area (Å²) < 4.78 is 44.9. The number of aromatic amines is 1. The predicted molar refractivity (Wildman–Crippen MR) is 198 cm³/mol. The van der Waals surface area contributed by atoms with Crippen LogP contribution >= 0.6 is 0 Å². The number of esters is 1. The highest BCUT2D eigenvalue weighted by Crippen LogP contribution is 2.46. The summed E-state index contributed by atoms with van der Waals surface area (Å²) in [6.45, 7) is 0.583. The van der Waals surface area contributed by atoms with Gasteiger partial charge in [0.2, 0.25) is 16.9 Å². The molecular weight excluding hydrogens is 700 g/mol. The quantitative estimate of drug-likeness (QED) is 0.153. The van der Waals surface area contributed by atoms with Gasteiger partial charge in [-0.1, -0.05) is 0 Å². The number of fused-ring (bicyclic) bond motifs is 2. The van der Waals surface area contributed by atoms with Crippen LogP contribution in [-0.4, -0.2) is 77.3 Å². The van der Waals surface area contributed by atoms with Gasteiger partial charge in [-0.05, 0) is 71.0 Å². The van der Waals surface area contributed by atoms with E-state index >= 15 is 0 Å². The van der Waals surface area contributed by atoms with Gasteiger partial charge >= 0.3 is 5.97 Å². The van der Waals surface area contributed by atoms with E-state index in [2.05, 4.69) is 9.88 Å². The fourth-order valence-electron chi connectivity index (χ4n) is 7.06. The van der Waals surface area contributed by atoms with E-state index in [1.54, 1.807) is 38.5 Å². The zero-order valence-corrected chi connectivity index (χ0v) is 31.1. The fourth-order valence-corrected chi connectivity index (χ4v) is 7.06. The Morgan fingerprint density at radius 3 is 2.17 bits per heavy atom. The molecule has 0 fully saturated rings. The van der Waals surface area contributed by atoms with Crippen LogP contribution in [0.25, 0.3) is 10.9 Å². The molecule has 0 bridgehead atoms. The molecule has 14 nitrogen and oxygen atoms in total. The lowest BCUT2D eigenvalue weighted by atomic mass is 9.87. The minimum Gasteiger partial charge on any atom is -0.502 e. The van der Waals surface area contributed by atoms with E-state index in [-0.39, 0.29) is 23.6 Å². The summed E-state index contributed by atoms with van der Waals surface area (Å²) in [4.78, 5) is 44.8. The molecule has 2 unspecified atom stereocenters. The van der Waals surface area contributed by atoms with Gasteiger partial charge in [-0.25, -0.2) is 0 Å². The number of benzene rings is 3. The van der Waals surface area contributed by atoms with Gasteiger partial charge in [-0.15, -0.1) is 0 Å². The highest BCUT2D eigenvalue weighted by atomic mass is 16.5. The zero-order valence-electron chi connectivity index (χ0n) is 31.1. The number of hydrogen-bond acceptors (Lipinski definition) is 13. The van der Waals surface area contributed by atoms with Crippen LogP contribution in [-0.2, 0) is 22.5 Å². The van der Waals surface area contributed by atoms with Crippen molar-refractivity contribution in [1.29, 1.82) is 0 Å². The van der Waals surface area contributed by atoms with E-state index < -0.39 is 41.1 Å². The maximum Gasteiger partial charge on any atom is 0.306 e. The molecule has 0 saturated carbocycles. The summed E-state index contributed by atoms with van der Waals surface area (Å²) in [7, 11) is 10.5. The second-order valence-electron chi connectivity index (χ2n) is 12.6. The van der Waals surface area contributed by atoms with Gasteiger partial charge in [0, 0.05) is 24.2 Å². The molecule has 3 heterocycles. The molecule has 14 heteroatoms. The topological polar surface area (TPSA) is 168 Å². The van der Waals surface area contributed by atoms with Crippen molar-refractivity contribution < 1.29 is 47.5 Å². The maximum absolute atomic E-state index is 13.6. The molecule has 3 aromatic carbocycles. The molecule has 0 aliphatic carbocycles. The lowest BCUT2D eigenvalue weighted by Crippen LogP contribution is -2.36. The number of carbonyl (C=O) groups is 1. The summed E-state index contributed by atoms with van der Waals surface area (Å²) in [6.07, 6.45) is 0.210. The number of carbonyl (C=O) groups excluding carboxylic acids is 1. The largest absolute Gasteiger partial charge is 0.502 e.